The van der Waals surface area contributed by atoms with Gasteiger partial charge in [0, 0.05) is 12.1 Å². The molecule has 0 radical (unpaired) electrons. The van der Waals surface area contributed by atoms with Crippen molar-refractivity contribution in [3.63, 3.8) is 0 Å². The van der Waals surface area contributed by atoms with E-state index in [0.29, 0.717) is 5.56 Å². The highest BCUT2D eigenvalue weighted by molar-refractivity contribution is 5.74. The molecule has 19 heavy (non-hydrogen) atoms. The minimum Gasteiger partial charge on any atom is -0.469 e. The van der Waals surface area contributed by atoms with Crippen molar-refractivity contribution in [1.82, 2.24) is 0 Å². The van der Waals surface area contributed by atoms with E-state index >= 15 is 0 Å². The van der Waals surface area contributed by atoms with Crippen molar-refractivity contribution in [1.29, 1.82) is 5.26 Å². The van der Waals surface area contributed by atoms with Crippen LogP contribution < -0.4 is 10.5 Å². The van der Waals surface area contributed by atoms with E-state index in [1.165, 1.54) is 19.2 Å². The van der Waals surface area contributed by atoms with E-state index in [2.05, 4.69) is 9.47 Å². The summed E-state index contributed by atoms with van der Waals surface area (Å²) in [5, 5.41) is 8.93. The first-order valence-electron chi connectivity index (χ1n) is 5.30. The number of carbonyl (C=O) groups excluding carboxylic acids is 1. The molecule has 0 aliphatic rings. The van der Waals surface area contributed by atoms with Crippen molar-refractivity contribution in [3.05, 3.63) is 28.8 Å². The van der Waals surface area contributed by atoms with Gasteiger partial charge in [-0.15, -0.1) is 0 Å². The van der Waals surface area contributed by atoms with E-state index in [1.54, 1.807) is 0 Å². The number of esters is 1. The Labute approximate surface area is 108 Å². The van der Waals surface area contributed by atoms with Gasteiger partial charge in [0.2, 0.25) is 0 Å². The van der Waals surface area contributed by atoms with Gasteiger partial charge in [-0.25, -0.2) is 0 Å². The number of nitrogens with zero attached hydrogens (tertiary/aromatic N) is 1. The number of hydrogen-bond acceptors (Lipinski definition) is 5. The summed E-state index contributed by atoms with van der Waals surface area (Å²) in [5.41, 5.74) is 6.15. The molecule has 1 rings (SSSR count). The second kappa shape index (κ2) is 6.66. The Balaban J connectivity index is 3.31. The molecule has 0 bridgehead atoms. The third-order valence-corrected chi connectivity index (χ3v) is 2.48. The summed E-state index contributed by atoms with van der Waals surface area (Å²) in [6.45, 7) is -3.11. The molecule has 0 unspecified atom stereocenters. The standard InChI is InChI=1S/C12H12F2N2O3/c1-18-11(17)4-8-9(6-16)7(5-15)2-3-10(8)19-12(13)14/h2-3,12H,4,6,16H2,1H3. The summed E-state index contributed by atoms with van der Waals surface area (Å²) in [7, 11) is 1.17. The minimum atomic E-state index is -3.03. The maximum atomic E-state index is 12.3. The van der Waals surface area contributed by atoms with Crippen molar-refractivity contribution in [3.8, 4) is 11.8 Å². The van der Waals surface area contributed by atoms with Gasteiger partial charge in [-0.1, -0.05) is 0 Å². The van der Waals surface area contributed by atoms with Gasteiger partial charge in [0.05, 0.1) is 25.2 Å². The van der Waals surface area contributed by atoms with Gasteiger partial charge in [-0.2, -0.15) is 14.0 Å². The lowest BCUT2D eigenvalue weighted by molar-refractivity contribution is -0.139. The van der Waals surface area contributed by atoms with E-state index in [9.17, 15) is 13.6 Å². The zero-order valence-electron chi connectivity index (χ0n) is 10.2. The smallest absolute Gasteiger partial charge is 0.387 e. The highest BCUT2D eigenvalue weighted by Crippen LogP contribution is 2.27. The summed E-state index contributed by atoms with van der Waals surface area (Å²) in [5.74, 6) is -0.816. The van der Waals surface area contributed by atoms with E-state index in [4.69, 9.17) is 11.0 Å². The van der Waals surface area contributed by atoms with Crippen molar-refractivity contribution in [2.24, 2.45) is 5.73 Å². The number of carbonyl (C=O) groups is 1. The van der Waals surface area contributed by atoms with Crippen LogP contribution in [0.3, 0.4) is 0 Å². The first-order chi connectivity index (χ1) is 9.03. The summed E-state index contributed by atoms with van der Waals surface area (Å²) >= 11 is 0. The molecule has 7 heteroatoms. The number of nitrogens with two attached hydrogens (primary N) is 1. The molecule has 0 saturated carbocycles. The van der Waals surface area contributed by atoms with Crippen LogP contribution >= 0.6 is 0 Å². The molecular weight excluding hydrogens is 258 g/mol. The highest BCUT2D eigenvalue weighted by atomic mass is 19.3. The number of benzene rings is 1. The normalized spacial score (nSPS) is 10.1. The Bertz CT molecular complexity index is 512. The molecule has 0 saturated heterocycles. The molecule has 0 fully saturated rings. The van der Waals surface area contributed by atoms with E-state index < -0.39 is 12.6 Å². The molecule has 0 aliphatic carbocycles. The number of rotatable bonds is 5. The Morgan fingerprint density at radius 2 is 2.16 bits per heavy atom. The van der Waals surface area contributed by atoms with Gasteiger partial charge in [-0.3, -0.25) is 4.79 Å². The van der Waals surface area contributed by atoms with E-state index in [0.717, 1.165) is 0 Å². The first-order valence-corrected chi connectivity index (χ1v) is 5.30. The van der Waals surface area contributed by atoms with Gasteiger partial charge in [0.15, 0.2) is 0 Å². The fourth-order valence-corrected chi connectivity index (χ4v) is 1.63. The number of halogens is 2. The predicted octanol–water partition coefficient (Wildman–Crippen LogP) is 1.33. The van der Waals surface area contributed by atoms with Crippen LogP contribution in [0.4, 0.5) is 8.78 Å². The summed E-state index contributed by atoms with van der Waals surface area (Å²) < 4.78 is 33.4. The zero-order valence-corrected chi connectivity index (χ0v) is 10.2. The molecule has 0 heterocycles. The molecular formula is C12H12F2N2O3. The molecule has 0 aliphatic heterocycles. The number of methoxy groups -OCH3 is 1. The quantitative estimate of drug-likeness (QED) is 0.816. The predicted molar refractivity (Wildman–Crippen MR) is 61.4 cm³/mol. The molecule has 1 aromatic carbocycles. The average Bonchev–Trinajstić information content (AvgIpc) is 2.39. The third-order valence-electron chi connectivity index (χ3n) is 2.48. The van der Waals surface area contributed by atoms with Crippen molar-refractivity contribution in [2.75, 3.05) is 7.11 Å². The Morgan fingerprint density at radius 1 is 1.47 bits per heavy atom. The fourth-order valence-electron chi connectivity index (χ4n) is 1.63. The Hall–Kier alpha value is -2.20. The molecule has 0 amide bonds. The molecule has 2 N–H and O–H groups in total. The molecule has 0 aromatic heterocycles. The Kier molecular flexibility index (Phi) is 5.21. The van der Waals surface area contributed by atoms with Crippen LogP contribution in [0.25, 0.3) is 0 Å². The van der Waals surface area contributed by atoms with Crippen molar-refractivity contribution < 1.29 is 23.0 Å². The van der Waals surface area contributed by atoms with Crippen LogP contribution in [0.5, 0.6) is 5.75 Å². The van der Waals surface area contributed by atoms with Crippen LogP contribution in [-0.4, -0.2) is 19.7 Å². The fraction of sp³-hybridized carbons (Fsp3) is 0.333. The topological polar surface area (TPSA) is 85.3 Å². The minimum absolute atomic E-state index is 0.0738. The maximum absolute atomic E-state index is 12.3. The summed E-state index contributed by atoms with van der Waals surface area (Å²) in [6, 6.07) is 4.41. The van der Waals surface area contributed by atoms with Crippen molar-refractivity contribution >= 4 is 5.97 Å². The van der Waals surface area contributed by atoms with Gasteiger partial charge >= 0.3 is 12.6 Å². The van der Waals surface area contributed by atoms with Gasteiger partial charge < -0.3 is 15.2 Å². The van der Waals surface area contributed by atoms with Crippen LogP contribution in [0.15, 0.2) is 12.1 Å². The molecule has 1 aromatic rings. The average molecular weight is 270 g/mol. The number of alkyl halides is 2. The number of hydrogen-bond donors (Lipinski definition) is 1. The highest BCUT2D eigenvalue weighted by Gasteiger charge is 2.19. The lowest BCUT2D eigenvalue weighted by atomic mass is 9.98. The molecule has 5 nitrogen and oxygen atoms in total. The lowest BCUT2D eigenvalue weighted by Crippen LogP contribution is -2.14. The number of ether oxygens (including phenoxy) is 2. The maximum Gasteiger partial charge on any atom is 0.387 e. The van der Waals surface area contributed by atoms with Gasteiger partial charge in [0.1, 0.15) is 5.75 Å². The van der Waals surface area contributed by atoms with Gasteiger partial charge in [-0.05, 0) is 17.7 Å². The Morgan fingerprint density at radius 3 is 2.63 bits per heavy atom. The molecule has 0 atom stereocenters. The summed E-state index contributed by atoms with van der Waals surface area (Å²) in [6.07, 6.45) is -0.291. The first kappa shape index (κ1) is 14.9. The largest absolute Gasteiger partial charge is 0.469 e. The molecule has 0 spiro atoms. The monoisotopic (exact) mass is 270 g/mol. The van der Waals surface area contributed by atoms with E-state index in [-0.39, 0.29) is 29.8 Å². The van der Waals surface area contributed by atoms with Gasteiger partial charge in [0.25, 0.3) is 0 Å². The van der Waals surface area contributed by atoms with Crippen LogP contribution in [0.1, 0.15) is 16.7 Å². The van der Waals surface area contributed by atoms with Crippen molar-refractivity contribution in [2.45, 2.75) is 19.6 Å². The second-order valence-corrected chi connectivity index (χ2v) is 3.52. The second-order valence-electron chi connectivity index (χ2n) is 3.52. The van der Waals surface area contributed by atoms with Crippen LogP contribution in [0.2, 0.25) is 0 Å². The SMILES string of the molecule is COC(=O)Cc1c(OC(F)F)ccc(C#N)c1CN. The van der Waals surface area contributed by atoms with E-state index in [1.807, 2.05) is 6.07 Å². The lowest BCUT2D eigenvalue weighted by Gasteiger charge is -2.14. The third kappa shape index (κ3) is 3.63. The van der Waals surface area contributed by atoms with Crippen LogP contribution in [-0.2, 0) is 22.5 Å². The van der Waals surface area contributed by atoms with Crippen LogP contribution in [0, 0.1) is 11.3 Å². The zero-order chi connectivity index (χ0) is 14.4. The molecule has 102 valence electrons. The number of nitriles is 1. The summed E-state index contributed by atoms with van der Waals surface area (Å²) in [4.78, 5) is 11.3.